The average Bonchev–Trinajstić information content (AvgIpc) is 2.77. The van der Waals surface area contributed by atoms with Gasteiger partial charge in [0.15, 0.2) is 0 Å². The topological polar surface area (TPSA) is 38.9 Å². The summed E-state index contributed by atoms with van der Waals surface area (Å²) in [6, 6.07) is 0.132. The molecule has 0 aliphatic rings. The lowest BCUT2D eigenvalue weighted by Gasteiger charge is -2.14. The van der Waals surface area contributed by atoms with Gasteiger partial charge in [-0.15, -0.1) is 11.3 Å². The fraction of sp³-hybridized carbons (Fsp3) is 0.800. The van der Waals surface area contributed by atoms with Crippen molar-refractivity contribution in [1.29, 1.82) is 0 Å². The number of hydrogen-bond donors (Lipinski definition) is 1. The minimum Gasteiger partial charge on any atom is -0.322 e. The normalized spacial score (nSPS) is 13.8. The molecule has 104 valence electrons. The molecule has 0 amide bonds. The summed E-state index contributed by atoms with van der Waals surface area (Å²) in [4.78, 5) is 4.69. The van der Waals surface area contributed by atoms with E-state index < -0.39 is 0 Å². The largest absolute Gasteiger partial charge is 0.322 e. The zero-order chi connectivity index (χ0) is 13.6. The summed E-state index contributed by atoms with van der Waals surface area (Å²) >= 11 is 1.72. The number of thiazole rings is 1. The van der Waals surface area contributed by atoms with Crippen molar-refractivity contribution in [1.82, 2.24) is 4.98 Å². The molecule has 2 N–H and O–H groups in total. The molecule has 3 heteroatoms. The number of nitrogens with two attached hydrogens (primary N) is 1. The van der Waals surface area contributed by atoms with Gasteiger partial charge in [-0.3, -0.25) is 0 Å². The number of hydrogen-bond acceptors (Lipinski definition) is 3. The zero-order valence-electron chi connectivity index (χ0n) is 12.3. The average molecular weight is 268 g/mol. The predicted molar refractivity (Wildman–Crippen MR) is 81.1 cm³/mol. The molecule has 1 aromatic rings. The summed E-state index contributed by atoms with van der Waals surface area (Å²) in [5.74, 6) is 0. The lowest BCUT2D eigenvalue weighted by atomic mass is 9.93. The first kappa shape index (κ1) is 15.6. The van der Waals surface area contributed by atoms with Crippen molar-refractivity contribution in [3.8, 4) is 0 Å². The lowest BCUT2D eigenvalue weighted by molar-refractivity contribution is 0.541. The third-order valence-electron chi connectivity index (χ3n) is 3.23. The first-order valence-corrected chi connectivity index (χ1v) is 8.04. The van der Waals surface area contributed by atoms with Crippen molar-refractivity contribution in [2.24, 2.45) is 5.73 Å². The van der Waals surface area contributed by atoms with Crippen molar-refractivity contribution >= 4 is 11.3 Å². The Morgan fingerprint density at radius 2 is 1.89 bits per heavy atom. The van der Waals surface area contributed by atoms with Crippen LogP contribution in [0.1, 0.15) is 83.0 Å². The minimum absolute atomic E-state index is 0.132. The maximum atomic E-state index is 6.21. The van der Waals surface area contributed by atoms with Gasteiger partial charge >= 0.3 is 0 Å². The Hall–Kier alpha value is -0.410. The van der Waals surface area contributed by atoms with Gasteiger partial charge in [0, 0.05) is 10.8 Å². The van der Waals surface area contributed by atoms with Crippen LogP contribution in [0, 0.1) is 0 Å². The van der Waals surface area contributed by atoms with Crippen LogP contribution in [0.25, 0.3) is 0 Å². The van der Waals surface area contributed by atoms with Crippen LogP contribution in [-0.4, -0.2) is 4.98 Å². The molecule has 2 nitrogen and oxygen atoms in total. The second kappa shape index (κ2) is 7.25. The molecular formula is C15H28N2S. The molecular weight excluding hydrogens is 240 g/mol. The Morgan fingerprint density at radius 3 is 2.44 bits per heavy atom. The molecule has 1 aromatic heterocycles. The number of rotatable bonds is 7. The molecule has 0 radical (unpaired) electrons. The number of aromatic nitrogens is 1. The molecule has 0 bridgehead atoms. The zero-order valence-corrected chi connectivity index (χ0v) is 13.1. The fourth-order valence-corrected chi connectivity index (χ4v) is 2.98. The highest BCUT2D eigenvalue weighted by molar-refractivity contribution is 7.09. The predicted octanol–water partition coefficient (Wildman–Crippen LogP) is 4.80. The number of nitrogens with zero attached hydrogens (tertiary/aromatic N) is 1. The maximum Gasteiger partial charge on any atom is 0.110 e. The SMILES string of the molecule is CCCCCCCC(N)c1nc(C(C)(C)C)cs1. The van der Waals surface area contributed by atoms with Crippen LogP contribution in [-0.2, 0) is 5.41 Å². The molecule has 0 fully saturated rings. The van der Waals surface area contributed by atoms with E-state index in [-0.39, 0.29) is 11.5 Å². The maximum absolute atomic E-state index is 6.21. The van der Waals surface area contributed by atoms with Gasteiger partial charge in [0.05, 0.1) is 11.7 Å². The summed E-state index contributed by atoms with van der Waals surface area (Å²) < 4.78 is 0. The minimum atomic E-state index is 0.132. The van der Waals surface area contributed by atoms with Gasteiger partial charge < -0.3 is 5.73 Å². The highest BCUT2D eigenvalue weighted by Gasteiger charge is 2.19. The molecule has 0 aromatic carbocycles. The van der Waals surface area contributed by atoms with Gasteiger partial charge in [0.1, 0.15) is 5.01 Å². The van der Waals surface area contributed by atoms with Crippen LogP contribution in [0.5, 0.6) is 0 Å². The van der Waals surface area contributed by atoms with E-state index in [9.17, 15) is 0 Å². The van der Waals surface area contributed by atoms with Crippen molar-refractivity contribution in [3.05, 3.63) is 16.1 Å². The Balaban J connectivity index is 2.37. The van der Waals surface area contributed by atoms with Gasteiger partial charge in [-0.25, -0.2) is 4.98 Å². The van der Waals surface area contributed by atoms with E-state index in [1.807, 2.05) is 0 Å². The van der Waals surface area contributed by atoms with Crippen molar-refractivity contribution in [2.75, 3.05) is 0 Å². The highest BCUT2D eigenvalue weighted by atomic mass is 32.1. The summed E-state index contributed by atoms with van der Waals surface area (Å²) in [5, 5.41) is 3.27. The molecule has 0 aliphatic carbocycles. The second-order valence-electron chi connectivity index (χ2n) is 6.13. The Morgan fingerprint density at radius 1 is 1.22 bits per heavy atom. The van der Waals surface area contributed by atoms with Crippen LogP contribution >= 0.6 is 11.3 Å². The summed E-state index contributed by atoms with van der Waals surface area (Å²) in [6.07, 6.45) is 7.59. The molecule has 1 rings (SSSR count). The van der Waals surface area contributed by atoms with Gasteiger partial charge in [-0.2, -0.15) is 0 Å². The lowest BCUT2D eigenvalue weighted by Crippen LogP contribution is -2.14. The summed E-state index contributed by atoms with van der Waals surface area (Å²) in [6.45, 7) is 8.83. The highest BCUT2D eigenvalue weighted by Crippen LogP contribution is 2.27. The Bertz CT molecular complexity index is 339. The molecule has 1 unspecified atom stereocenters. The standard InChI is InChI=1S/C15H28N2S/c1-5-6-7-8-9-10-12(16)14-17-13(11-18-14)15(2,3)4/h11-12H,5-10,16H2,1-4H3. The second-order valence-corrected chi connectivity index (χ2v) is 7.02. The van der Waals surface area contributed by atoms with E-state index in [1.165, 1.54) is 37.8 Å². The van der Waals surface area contributed by atoms with Crippen molar-refractivity contribution in [3.63, 3.8) is 0 Å². The van der Waals surface area contributed by atoms with Crippen molar-refractivity contribution < 1.29 is 0 Å². The van der Waals surface area contributed by atoms with Crippen LogP contribution in [0.4, 0.5) is 0 Å². The smallest absolute Gasteiger partial charge is 0.110 e. The third kappa shape index (κ3) is 5.07. The summed E-state index contributed by atoms with van der Waals surface area (Å²) in [5.41, 5.74) is 7.52. The molecule has 0 aliphatic heterocycles. The van der Waals surface area contributed by atoms with Crippen LogP contribution in [0.3, 0.4) is 0 Å². The van der Waals surface area contributed by atoms with Gasteiger partial charge in [-0.05, 0) is 6.42 Å². The van der Waals surface area contributed by atoms with Crippen molar-refractivity contribution in [2.45, 2.75) is 77.7 Å². The number of unbranched alkanes of at least 4 members (excludes halogenated alkanes) is 4. The van der Waals surface area contributed by atoms with Crippen LogP contribution < -0.4 is 5.73 Å². The Labute approximate surface area is 116 Å². The first-order valence-electron chi connectivity index (χ1n) is 7.16. The Kier molecular flexibility index (Phi) is 6.30. The van der Waals surface area contributed by atoms with Gasteiger partial charge in [0.2, 0.25) is 0 Å². The van der Waals surface area contributed by atoms with Crippen LogP contribution in [0.2, 0.25) is 0 Å². The van der Waals surface area contributed by atoms with Gasteiger partial charge in [0.25, 0.3) is 0 Å². The molecule has 0 saturated heterocycles. The monoisotopic (exact) mass is 268 g/mol. The van der Waals surface area contributed by atoms with E-state index in [0.29, 0.717) is 0 Å². The molecule has 1 atom stereocenters. The first-order chi connectivity index (χ1) is 8.45. The quantitative estimate of drug-likeness (QED) is 0.721. The fourth-order valence-electron chi connectivity index (χ4n) is 1.89. The van der Waals surface area contributed by atoms with E-state index in [4.69, 9.17) is 10.7 Å². The van der Waals surface area contributed by atoms with E-state index >= 15 is 0 Å². The molecule has 0 saturated carbocycles. The molecule has 0 spiro atoms. The van der Waals surface area contributed by atoms with Crippen LogP contribution in [0.15, 0.2) is 5.38 Å². The van der Waals surface area contributed by atoms with E-state index in [1.54, 1.807) is 11.3 Å². The molecule has 1 heterocycles. The van der Waals surface area contributed by atoms with E-state index in [2.05, 4.69) is 33.1 Å². The van der Waals surface area contributed by atoms with E-state index in [0.717, 1.165) is 11.4 Å². The molecule has 18 heavy (non-hydrogen) atoms. The van der Waals surface area contributed by atoms with Gasteiger partial charge in [-0.1, -0.05) is 59.8 Å². The third-order valence-corrected chi connectivity index (χ3v) is 4.20. The summed E-state index contributed by atoms with van der Waals surface area (Å²) in [7, 11) is 0.